The van der Waals surface area contributed by atoms with Crippen molar-refractivity contribution in [3.63, 3.8) is 0 Å². The number of amides is 2. The van der Waals surface area contributed by atoms with Gasteiger partial charge < -0.3 is 15.4 Å². The zero-order valence-electron chi connectivity index (χ0n) is 17.1. The van der Waals surface area contributed by atoms with Crippen LogP contribution in [0.2, 0.25) is 0 Å². The van der Waals surface area contributed by atoms with Crippen LogP contribution in [0.15, 0.2) is 24.3 Å². The number of benzene rings is 1. The zero-order valence-corrected chi connectivity index (χ0v) is 17.9. The van der Waals surface area contributed by atoms with Crippen molar-refractivity contribution < 1.29 is 19.1 Å². The normalized spacial score (nSPS) is 11.1. The summed E-state index contributed by atoms with van der Waals surface area (Å²) < 4.78 is 5.16. The fourth-order valence-electron chi connectivity index (χ4n) is 2.57. The molecular weight excluding hydrogens is 376 g/mol. The van der Waals surface area contributed by atoms with Crippen LogP contribution in [0.4, 0.5) is 10.7 Å². The first-order chi connectivity index (χ1) is 13.0. The molecule has 0 aliphatic heterocycles. The number of esters is 1. The lowest BCUT2D eigenvalue weighted by Crippen LogP contribution is -2.22. The molecule has 1 heterocycles. The molecule has 0 bridgehead atoms. The molecule has 2 aromatic rings. The van der Waals surface area contributed by atoms with Crippen LogP contribution in [0, 0.1) is 13.8 Å². The van der Waals surface area contributed by atoms with Crippen molar-refractivity contribution in [1.29, 1.82) is 0 Å². The van der Waals surface area contributed by atoms with Crippen LogP contribution in [-0.4, -0.2) is 24.4 Å². The minimum atomic E-state index is -0.635. The predicted molar refractivity (Wildman–Crippen MR) is 112 cm³/mol. The van der Waals surface area contributed by atoms with Crippen molar-refractivity contribution in [3.05, 3.63) is 45.8 Å². The van der Waals surface area contributed by atoms with Crippen LogP contribution < -0.4 is 10.6 Å². The van der Waals surface area contributed by atoms with E-state index in [4.69, 9.17) is 4.74 Å². The third-order valence-corrected chi connectivity index (χ3v) is 5.37. The summed E-state index contributed by atoms with van der Waals surface area (Å²) in [7, 11) is 0. The second-order valence-corrected chi connectivity index (χ2v) is 8.84. The quantitative estimate of drug-likeness (QED) is 0.725. The predicted octanol–water partition coefficient (Wildman–Crippen LogP) is 4.42. The average molecular weight is 403 g/mol. The summed E-state index contributed by atoms with van der Waals surface area (Å²) in [6.45, 7) is 10.9. The average Bonchev–Trinajstić information content (AvgIpc) is 2.85. The molecule has 1 aromatic carbocycles. The van der Waals surface area contributed by atoms with Crippen LogP contribution in [0.1, 0.15) is 54.1 Å². The number of carbonyl (C=O) groups excluding carboxylic acids is 3. The van der Waals surface area contributed by atoms with E-state index in [0.29, 0.717) is 16.3 Å². The standard InChI is InChI=1S/C21H26N2O4S/c1-12-13(2)28-19(22-14(3)24)18(12)20(26)27-11-17(25)23-16-9-7-15(8-10-16)21(4,5)6/h7-10H,11H2,1-6H3,(H,22,24)(H,23,25). The lowest BCUT2D eigenvalue weighted by Gasteiger charge is -2.19. The smallest absolute Gasteiger partial charge is 0.341 e. The number of thiophene rings is 1. The Bertz CT molecular complexity index is 892. The van der Waals surface area contributed by atoms with Gasteiger partial charge in [0.25, 0.3) is 5.91 Å². The topological polar surface area (TPSA) is 84.5 Å². The molecule has 0 spiro atoms. The van der Waals surface area contributed by atoms with Gasteiger partial charge in [-0.15, -0.1) is 11.3 Å². The molecule has 0 aliphatic carbocycles. The van der Waals surface area contributed by atoms with Crippen LogP contribution in [0.5, 0.6) is 0 Å². The van der Waals surface area contributed by atoms with Gasteiger partial charge in [0.05, 0.1) is 5.56 Å². The number of nitrogens with one attached hydrogen (secondary N) is 2. The molecule has 0 saturated carbocycles. The van der Waals surface area contributed by atoms with E-state index >= 15 is 0 Å². The maximum absolute atomic E-state index is 12.4. The molecule has 0 fully saturated rings. The monoisotopic (exact) mass is 402 g/mol. The van der Waals surface area contributed by atoms with E-state index in [9.17, 15) is 14.4 Å². The van der Waals surface area contributed by atoms with Crippen molar-refractivity contribution in [2.45, 2.75) is 47.0 Å². The van der Waals surface area contributed by atoms with Gasteiger partial charge in [-0.2, -0.15) is 0 Å². The molecule has 28 heavy (non-hydrogen) atoms. The molecule has 2 N–H and O–H groups in total. The SMILES string of the molecule is CC(=O)Nc1sc(C)c(C)c1C(=O)OCC(=O)Nc1ccc(C(C)(C)C)cc1. The Morgan fingerprint density at radius 3 is 2.18 bits per heavy atom. The zero-order chi connectivity index (χ0) is 21.1. The number of hydrogen-bond donors (Lipinski definition) is 2. The van der Waals surface area contributed by atoms with Crippen molar-refractivity contribution in [2.75, 3.05) is 17.2 Å². The molecule has 150 valence electrons. The Morgan fingerprint density at radius 1 is 1.04 bits per heavy atom. The highest BCUT2D eigenvalue weighted by atomic mass is 32.1. The summed E-state index contributed by atoms with van der Waals surface area (Å²) in [6.07, 6.45) is 0. The van der Waals surface area contributed by atoms with E-state index in [1.54, 1.807) is 6.92 Å². The molecule has 7 heteroatoms. The molecular formula is C21H26N2O4S. The first-order valence-corrected chi connectivity index (χ1v) is 9.75. The van der Waals surface area contributed by atoms with Gasteiger partial charge in [0.2, 0.25) is 5.91 Å². The summed E-state index contributed by atoms with van der Waals surface area (Å²) in [5.74, 6) is -1.34. The Kier molecular flexibility index (Phi) is 6.61. The van der Waals surface area contributed by atoms with Crippen LogP contribution in [0.3, 0.4) is 0 Å². The van der Waals surface area contributed by atoms with Crippen molar-refractivity contribution in [1.82, 2.24) is 0 Å². The maximum atomic E-state index is 12.4. The summed E-state index contributed by atoms with van der Waals surface area (Å²) in [4.78, 5) is 36.8. The third kappa shape index (κ3) is 5.42. The number of aryl methyl sites for hydroxylation is 1. The van der Waals surface area contributed by atoms with E-state index in [1.807, 2.05) is 31.2 Å². The molecule has 6 nitrogen and oxygen atoms in total. The first-order valence-electron chi connectivity index (χ1n) is 8.94. The highest BCUT2D eigenvalue weighted by Gasteiger charge is 2.22. The fourth-order valence-corrected chi connectivity index (χ4v) is 3.67. The second-order valence-electron chi connectivity index (χ2n) is 7.62. The van der Waals surface area contributed by atoms with Crippen molar-refractivity contribution in [3.8, 4) is 0 Å². The lowest BCUT2D eigenvalue weighted by molar-refractivity contribution is -0.119. The van der Waals surface area contributed by atoms with Gasteiger partial charge >= 0.3 is 5.97 Å². The van der Waals surface area contributed by atoms with Crippen LogP contribution in [-0.2, 0) is 19.7 Å². The van der Waals surface area contributed by atoms with E-state index in [2.05, 4.69) is 31.4 Å². The molecule has 2 amide bonds. The molecule has 0 unspecified atom stereocenters. The van der Waals surface area contributed by atoms with E-state index in [1.165, 1.54) is 18.3 Å². The lowest BCUT2D eigenvalue weighted by atomic mass is 9.87. The minimum Gasteiger partial charge on any atom is -0.452 e. The van der Waals surface area contributed by atoms with Gasteiger partial charge in [0.1, 0.15) is 5.00 Å². The highest BCUT2D eigenvalue weighted by Crippen LogP contribution is 2.33. The number of hydrogen-bond acceptors (Lipinski definition) is 5. The molecule has 2 rings (SSSR count). The first kappa shape index (κ1) is 21.6. The Morgan fingerprint density at radius 2 is 1.64 bits per heavy atom. The van der Waals surface area contributed by atoms with Crippen molar-refractivity contribution in [2.24, 2.45) is 0 Å². The number of anilines is 2. The van der Waals surface area contributed by atoms with Gasteiger partial charge in [0, 0.05) is 17.5 Å². The van der Waals surface area contributed by atoms with Gasteiger partial charge in [-0.3, -0.25) is 9.59 Å². The Balaban J connectivity index is 1.99. The van der Waals surface area contributed by atoms with Crippen molar-refractivity contribution >= 4 is 39.8 Å². The molecule has 0 radical (unpaired) electrons. The summed E-state index contributed by atoms with van der Waals surface area (Å²) in [6, 6.07) is 7.56. The Hall–Kier alpha value is -2.67. The van der Waals surface area contributed by atoms with Gasteiger partial charge in [-0.25, -0.2) is 4.79 Å². The van der Waals surface area contributed by atoms with Gasteiger partial charge in [-0.1, -0.05) is 32.9 Å². The number of rotatable bonds is 5. The second kappa shape index (κ2) is 8.56. The molecule has 0 aliphatic rings. The van der Waals surface area contributed by atoms with Gasteiger partial charge in [0.15, 0.2) is 6.61 Å². The third-order valence-electron chi connectivity index (χ3n) is 4.25. The molecule has 0 saturated heterocycles. The van der Waals surface area contributed by atoms with Crippen LogP contribution in [0.25, 0.3) is 0 Å². The number of carbonyl (C=O) groups is 3. The largest absolute Gasteiger partial charge is 0.452 e. The highest BCUT2D eigenvalue weighted by molar-refractivity contribution is 7.16. The fraction of sp³-hybridized carbons (Fsp3) is 0.381. The molecule has 0 atom stereocenters. The Labute approximate surface area is 169 Å². The van der Waals surface area contributed by atoms with Gasteiger partial charge in [-0.05, 0) is 42.5 Å². The molecule has 1 aromatic heterocycles. The van der Waals surface area contributed by atoms with E-state index in [-0.39, 0.29) is 11.3 Å². The summed E-state index contributed by atoms with van der Waals surface area (Å²) >= 11 is 1.30. The van der Waals surface area contributed by atoms with Crippen LogP contribution >= 0.6 is 11.3 Å². The van der Waals surface area contributed by atoms with E-state index < -0.39 is 18.5 Å². The minimum absolute atomic E-state index is 0.0280. The van der Waals surface area contributed by atoms with E-state index in [0.717, 1.165) is 16.0 Å². The summed E-state index contributed by atoms with van der Waals surface area (Å²) in [5, 5.41) is 5.79. The number of ether oxygens (including phenoxy) is 1. The maximum Gasteiger partial charge on any atom is 0.341 e. The summed E-state index contributed by atoms with van der Waals surface area (Å²) in [5.41, 5.74) is 2.85.